The van der Waals surface area contributed by atoms with Gasteiger partial charge in [-0.2, -0.15) is 0 Å². The number of fused-ring (bicyclic) bond motifs is 1. The molecule has 0 spiro atoms. The first-order valence-corrected chi connectivity index (χ1v) is 5.56. The maximum Gasteiger partial charge on any atom is 0.278 e. The second-order valence-corrected chi connectivity index (χ2v) is 4.68. The van der Waals surface area contributed by atoms with Gasteiger partial charge in [0.05, 0.1) is 5.69 Å². The van der Waals surface area contributed by atoms with E-state index in [-0.39, 0.29) is 0 Å². The summed E-state index contributed by atoms with van der Waals surface area (Å²) in [4.78, 5) is 5.30. The van der Waals surface area contributed by atoms with Gasteiger partial charge < -0.3 is 10.1 Å². The smallest absolute Gasteiger partial charge is 0.278 e. The van der Waals surface area contributed by atoms with Crippen molar-refractivity contribution in [2.75, 3.05) is 13.2 Å². The molecule has 0 amide bonds. The highest BCUT2D eigenvalue weighted by molar-refractivity contribution is 7.13. The Hall–Kier alpha value is -0.750. The molecule has 0 fully saturated rings. The molecule has 0 atom stereocenters. The number of aromatic nitrogens is 1. The fourth-order valence-corrected chi connectivity index (χ4v) is 2.28. The van der Waals surface area contributed by atoms with Gasteiger partial charge in [0.2, 0.25) is 0 Å². The summed E-state index contributed by atoms with van der Waals surface area (Å²) in [6, 6.07) is 0. The summed E-state index contributed by atoms with van der Waals surface area (Å²) in [7, 11) is 0. The number of halogens is 2. The lowest BCUT2D eigenvalue weighted by atomic mass is 10.2. The van der Waals surface area contributed by atoms with E-state index in [4.69, 9.17) is 4.74 Å². The van der Waals surface area contributed by atoms with Crippen molar-refractivity contribution in [1.82, 2.24) is 10.3 Å². The Bertz CT molecular complexity index is 325. The molecule has 0 radical (unpaired) electrons. The SMILES string of the molecule is CC(F)(F)COc1nc2c(s1)CCNC2. The third-order valence-electron chi connectivity index (χ3n) is 2.03. The lowest BCUT2D eigenvalue weighted by Gasteiger charge is -2.09. The molecule has 1 N–H and O–H groups in total. The molecule has 0 aromatic carbocycles. The van der Waals surface area contributed by atoms with E-state index in [2.05, 4.69) is 10.3 Å². The number of hydrogen-bond donors (Lipinski definition) is 1. The normalized spacial score (nSPS) is 16.2. The van der Waals surface area contributed by atoms with E-state index in [1.165, 1.54) is 11.3 Å². The van der Waals surface area contributed by atoms with Gasteiger partial charge in [-0.05, 0) is 6.42 Å². The Morgan fingerprint density at radius 1 is 1.60 bits per heavy atom. The van der Waals surface area contributed by atoms with Crippen molar-refractivity contribution in [3.63, 3.8) is 0 Å². The summed E-state index contributed by atoms with van der Waals surface area (Å²) >= 11 is 1.37. The molecular formula is C9H12F2N2OS. The summed E-state index contributed by atoms with van der Waals surface area (Å²) < 4.78 is 30.0. The maximum atomic E-state index is 12.5. The molecule has 2 heterocycles. The van der Waals surface area contributed by atoms with E-state index < -0.39 is 12.5 Å². The van der Waals surface area contributed by atoms with Gasteiger partial charge in [0.25, 0.3) is 11.1 Å². The zero-order valence-electron chi connectivity index (χ0n) is 8.35. The lowest BCUT2D eigenvalue weighted by molar-refractivity contribution is -0.0230. The topological polar surface area (TPSA) is 34.1 Å². The van der Waals surface area contributed by atoms with Gasteiger partial charge >= 0.3 is 0 Å². The highest BCUT2D eigenvalue weighted by Crippen LogP contribution is 2.28. The van der Waals surface area contributed by atoms with Crippen molar-refractivity contribution in [1.29, 1.82) is 0 Å². The van der Waals surface area contributed by atoms with E-state index in [1.54, 1.807) is 0 Å². The number of rotatable bonds is 3. The molecule has 0 unspecified atom stereocenters. The van der Waals surface area contributed by atoms with Gasteiger partial charge in [-0.15, -0.1) is 0 Å². The Kier molecular flexibility index (Phi) is 2.88. The molecule has 1 aromatic rings. The molecular weight excluding hydrogens is 222 g/mol. The Labute approximate surface area is 90.5 Å². The largest absolute Gasteiger partial charge is 0.464 e. The molecule has 0 saturated heterocycles. The van der Waals surface area contributed by atoms with Crippen LogP contribution in [0.4, 0.5) is 8.78 Å². The number of hydrogen-bond acceptors (Lipinski definition) is 4. The van der Waals surface area contributed by atoms with Gasteiger partial charge in [-0.3, -0.25) is 0 Å². The van der Waals surface area contributed by atoms with E-state index in [0.717, 1.165) is 30.5 Å². The van der Waals surface area contributed by atoms with Crippen LogP contribution in [-0.2, 0) is 13.0 Å². The van der Waals surface area contributed by atoms with Gasteiger partial charge in [-0.25, -0.2) is 13.8 Å². The molecule has 0 bridgehead atoms. The van der Waals surface area contributed by atoms with Crippen LogP contribution in [0, 0.1) is 0 Å². The summed E-state index contributed by atoms with van der Waals surface area (Å²) in [6.07, 6.45) is 0.902. The monoisotopic (exact) mass is 234 g/mol. The highest BCUT2D eigenvalue weighted by atomic mass is 32.1. The van der Waals surface area contributed by atoms with E-state index in [1.807, 2.05) is 0 Å². The molecule has 84 valence electrons. The molecule has 0 aliphatic carbocycles. The van der Waals surface area contributed by atoms with Gasteiger partial charge in [-0.1, -0.05) is 11.3 Å². The van der Waals surface area contributed by atoms with Crippen molar-refractivity contribution in [2.24, 2.45) is 0 Å². The van der Waals surface area contributed by atoms with Crippen LogP contribution in [0.1, 0.15) is 17.5 Å². The molecule has 15 heavy (non-hydrogen) atoms. The fourth-order valence-electron chi connectivity index (χ4n) is 1.35. The number of nitrogens with one attached hydrogen (secondary N) is 1. The Balaban J connectivity index is 2.01. The maximum absolute atomic E-state index is 12.5. The van der Waals surface area contributed by atoms with Crippen LogP contribution in [0.3, 0.4) is 0 Å². The van der Waals surface area contributed by atoms with Crippen LogP contribution in [0.25, 0.3) is 0 Å². The predicted octanol–water partition coefficient (Wildman–Crippen LogP) is 1.82. The number of thiazole rings is 1. The van der Waals surface area contributed by atoms with Gasteiger partial charge in [0.15, 0.2) is 6.61 Å². The quantitative estimate of drug-likeness (QED) is 0.866. The van der Waals surface area contributed by atoms with Crippen molar-refractivity contribution < 1.29 is 13.5 Å². The fraction of sp³-hybridized carbons (Fsp3) is 0.667. The van der Waals surface area contributed by atoms with Crippen LogP contribution in [-0.4, -0.2) is 24.1 Å². The number of ether oxygens (including phenoxy) is 1. The summed E-state index contributed by atoms with van der Waals surface area (Å²) in [6.45, 7) is 1.85. The number of nitrogens with zero attached hydrogens (tertiary/aromatic N) is 1. The molecule has 2 rings (SSSR count). The van der Waals surface area contributed by atoms with Crippen LogP contribution < -0.4 is 10.1 Å². The standard InChI is InChI=1S/C9H12F2N2OS/c1-9(10,11)5-14-8-13-6-4-12-3-2-7(6)15-8/h12H,2-5H2,1H3. The highest BCUT2D eigenvalue weighted by Gasteiger charge is 2.23. The van der Waals surface area contributed by atoms with Crippen LogP contribution in [0.2, 0.25) is 0 Å². The average molecular weight is 234 g/mol. The lowest BCUT2D eigenvalue weighted by Crippen LogP contribution is -2.22. The van der Waals surface area contributed by atoms with Crippen molar-refractivity contribution in [2.45, 2.75) is 25.8 Å². The third-order valence-corrected chi connectivity index (χ3v) is 3.10. The van der Waals surface area contributed by atoms with Gasteiger partial charge in [0, 0.05) is 24.9 Å². The minimum absolute atomic E-state index is 0.352. The molecule has 3 nitrogen and oxygen atoms in total. The Morgan fingerprint density at radius 3 is 3.07 bits per heavy atom. The Morgan fingerprint density at radius 2 is 2.40 bits per heavy atom. The molecule has 1 aliphatic heterocycles. The first kappa shape index (κ1) is 10.8. The zero-order chi connectivity index (χ0) is 10.9. The van der Waals surface area contributed by atoms with Crippen LogP contribution in [0.5, 0.6) is 5.19 Å². The molecule has 0 saturated carbocycles. The average Bonchev–Trinajstić information content (AvgIpc) is 2.56. The van der Waals surface area contributed by atoms with Crippen LogP contribution in [0.15, 0.2) is 0 Å². The first-order valence-electron chi connectivity index (χ1n) is 4.74. The van der Waals surface area contributed by atoms with Crippen molar-refractivity contribution in [3.8, 4) is 5.19 Å². The predicted molar refractivity (Wildman–Crippen MR) is 53.6 cm³/mol. The van der Waals surface area contributed by atoms with Crippen molar-refractivity contribution >= 4 is 11.3 Å². The van der Waals surface area contributed by atoms with E-state index >= 15 is 0 Å². The molecule has 1 aromatic heterocycles. The molecule has 6 heteroatoms. The van der Waals surface area contributed by atoms with E-state index in [0.29, 0.717) is 11.7 Å². The summed E-state index contributed by atoms with van der Waals surface area (Å²) in [5.74, 6) is -2.80. The minimum Gasteiger partial charge on any atom is -0.464 e. The summed E-state index contributed by atoms with van der Waals surface area (Å²) in [5.41, 5.74) is 0.931. The second-order valence-electron chi connectivity index (χ2n) is 3.64. The summed E-state index contributed by atoms with van der Waals surface area (Å²) in [5, 5.41) is 3.52. The zero-order valence-corrected chi connectivity index (χ0v) is 9.16. The van der Waals surface area contributed by atoms with Crippen LogP contribution >= 0.6 is 11.3 Å². The first-order chi connectivity index (χ1) is 7.04. The second kappa shape index (κ2) is 4.02. The van der Waals surface area contributed by atoms with Crippen molar-refractivity contribution in [3.05, 3.63) is 10.6 Å². The third kappa shape index (κ3) is 2.85. The van der Waals surface area contributed by atoms with Gasteiger partial charge in [0.1, 0.15) is 0 Å². The number of alkyl halides is 2. The minimum atomic E-state index is -2.80. The van der Waals surface area contributed by atoms with E-state index in [9.17, 15) is 8.78 Å². The molecule has 1 aliphatic rings.